The fourth-order valence-electron chi connectivity index (χ4n) is 2.66. The van der Waals surface area contributed by atoms with Gasteiger partial charge in [0.25, 0.3) is 0 Å². The minimum absolute atomic E-state index is 0.159. The van der Waals surface area contributed by atoms with E-state index in [1.165, 1.54) is 5.56 Å². The van der Waals surface area contributed by atoms with Gasteiger partial charge in [-0.2, -0.15) is 8.78 Å². The van der Waals surface area contributed by atoms with Crippen LogP contribution in [-0.2, 0) is 0 Å². The number of rotatable bonds is 4. The molecule has 0 radical (unpaired) electrons. The average Bonchev–Trinajstić information content (AvgIpc) is 2.44. The zero-order valence-electron chi connectivity index (χ0n) is 11.4. The number of halogens is 2. The van der Waals surface area contributed by atoms with E-state index in [0.717, 1.165) is 24.0 Å². The van der Waals surface area contributed by atoms with Gasteiger partial charge in [-0.15, -0.1) is 0 Å². The van der Waals surface area contributed by atoms with E-state index in [2.05, 4.69) is 16.9 Å². The summed E-state index contributed by atoms with van der Waals surface area (Å²) in [7, 11) is 0. The number of aliphatic hydroxyl groups excluding tert-OH is 1. The molecule has 110 valence electrons. The van der Waals surface area contributed by atoms with Crippen LogP contribution in [0.4, 0.5) is 8.78 Å². The molecule has 0 heterocycles. The second-order valence-electron chi connectivity index (χ2n) is 5.35. The van der Waals surface area contributed by atoms with Gasteiger partial charge >= 0.3 is 6.61 Å². The van der Waals surface area contributed by atoms with Crippen LogP contribution >= 0.6 is 0 Å². The van der Waals surface area contributed by atoms with Gasteiger partial charge in [0.1, 0.15) is 5.75 Å². The molecule has 4 heteroatoms. The Morgan fingerprint density at radius 1 is 1.00 bits per heavy atom. The highest BCUT2D eigenvalue weighted by molar-refractivity contribution is 5.65. The maximum Gasteiger partial charge on any atom is 0.387 e. The van der Waals surface area contributed by atoms with E-state index in [9.17, 15) is 13.9 Å². The van der Waals surface area contributed by atoms with Crippen molar-refractivity contribution in [3.63, 3.8) is 0 Å². The molecular formula is C17H16F2O2. The maximum atomic E-state index is 12.1. The van der Waals surface area contributed by atoms with Crippen LogP contribution in [0.1, 0.15) is 24.3 Å². The average molecular weight is 290 g/mol. The van der Waals surface area contributed by atoms with Crippen molar-refractivity contribution in [3.8, 4) is 16.9 Å². The quantitative estimate of drug-likeness (QED) is 0.914. The minimum Gasteiger partial charge on any atom is -0.435 e. The molecule has 1 saturated carbocycles. The first-order valence-corrected chi connectivity index (χ1v) is 6.95. The smallest absolute Gasteiger partial charge is 0.387 e. The summed E-state index contributed by atoms with van der Waals surface area (Å²) >= 11 is 0. The zero-order valence-corrected chi connectivity index (χ0v) is 11.4. The summed E-state index contributed by atoms with van der Waals surface area (Å²) in [5, 5.41) is 9.39. The summed E-state index contributed by atoms with van der Waals surface area (Å²) in [6.45, 7) is -2.80. The Labute approximate surface area is 122 Å². The van der Waals surface area contributed by atoms with Crippen molar-refractivity contribution < 1.29 is 18.6 Å². The lowest BCUT2D eigenvalue weighted by Gasteiger charge is -2.32. The predicted octanol–water partition coefficient (Wildman–Crippen LogP) is 4.19. The number of hydrogen-bond donors (Lipinski definition) is 1. The molecule has 0 amide bonds. The lowest BCUT2D eigenvalue weighted by molar-refractivity contribution is -0.0498. The van der Waals surface area contributed by atoms with Crippen LogP contribution in [0, 0.1) is 0 Å². The Morgan fingerprint density at radius 3 is 2.33 bits per heavy atom. The second-order valence-corrected chi connectivity index (χ2v) is 5.35. The summed E-state index contributed by atoms with van der Waals surface area (Å²) in [5.74, 6) is 0.577. The molecule has 21 heavy (non-hydrogen) atoms. The fourth-order valence-corrected chi connectivity index (χ4v) is 2.66. The summed E-state index contributed by atoms with van der Waals surface area (Å²) in [4.78, 5) is 0. The molecule has 2 aromatic carbocycles. The summed E-state index contributed by atoms with van der Waals surface area (Å²) in [5.41, 5.74) is 3.21. The SMILES string of the molecule is OC1CC(c2cccc(-c3ccc(OC(F)F)cc3)c2)C1. The van der Waals surface area contributed by atoms with Crippen LogP contribution < -0.4 is 4.74 Å². The largest absolute Gasteiger partial charge is 0.435 e. The van der Waals surface area contributed by atoms with Crippen molar-refractivity contribution in [1.29, 1.82) is 0 Å². The van der Waals surface area contributed by atoms with E-state index in [1.807, 2.05) is 12.1 Å². The molecule has 3 rings (SSSR count). The molecule has 1 fully saturated rings. The number of hydrogen-bond acceptors (Lipinski definition) is 2. The third kappa shape index (κ3) is 3.22. The normalized spacial score (nSPS) is 21.1. The first-order chi connectivity index (χ1) is 10.1. The summed E-state index contributed by atoms with van der Waals surface area (Å²) in [6, 6.07) is 14.8. The van der Waals surface area contributed by atoms with Crippen molar-refractivity contribution in [3.05, 3.63) is 54.1 Å². The highest BCUT2D eigenvalue weighted by atomic mass is 19.3. The Balaban J connectivity index is 1.78. The molecule has 0 saturated heterocycles. The van der Waals surface area contributed by atoms with Crippen molar-refractivity contribution in [2.45, 2.75) is 31.5 Å². The van der Waals surface area contributed by atoms with Crippen LogP contribution in [-0.4, -0.2) is 17.8 Å². The topological polar surface area (TPSA) is 29.5 Å². The van der Waals surface area contributed by atoms with E-state index in [1.54, 1.807) is 24.3 Å². The lowest BCUT2D eigenvalue weighted by atomic mass is 9.77. The lowest BCUT2D eigenvalue weighted by Crippen LogP contribution is -2.26. The molecule has 1 aliphatic carbocycles. The van der Waals surface area contributed by atoms with Crippen LogP contribution in [0.3, 0.4) is 0 Å². The van der Waals surface area contributed by atoms with Gasteiger partial charge in [0, 0.05) is 0 Å². The number of aliphatic hydroxyl groups is 1. The van der Waals surface area contributed by atoms with Crippen LogP contribution in [0.15, 0.2) is 48.5 Å². The Kier molecular flexibility index (Phi) is 3.88. The standard InChI is InChI=1S/C17H16F2O2/c18-17(19)21-16-6-4-11(5-7-16)12-2-1-3-13(8-12)14-9-15(20)10-14/h1-8,14-15,17,20H,9-10H2. The van der Waals surface area contributed by atoms with E-state index in [-0.39, 0.29) is 11.9 Å². The van der Waals surface area contributed by atoms with Crippen LogP contribution in [0.25, 0.3) is 11.1 Å². The van der Waals surface area contributed by atoms with Gasteiger partial charge in [-0.25, -0.2) is 0 Å². The molecule has 0 aliphatic heterocycles. The van der Waals surface area contributed by atoms with E-state index in [0.29, 0.717) is 5.92 Å². The molecule has 1 aliphatic rings. The number of alkyl halides is 2. The molecule has 0 spiro atoms. The Morgan fingerprint density at radius 2 is 1.71 bits per heavy atom. The van der Waals surface area contributed by atoms with Gasteiger partial charge in [-0.3, -0.25) is 0 Å². The highest BCUT2D eigenvalue weighted by Gasteiger charge is 2.28. The summed E-state index contributed by atoms with van der Waals surface area (Å²) < 4.78 is 28.6. The minimum atomic E-state index is -2.80. The first-order valence-electron chi connectivity index (χ1n) is 6.95. The van der Waals surface area contributed by atoms with Gasteiger partial charge in [-0.05, 0) is 47.6 Å². The van der Waals surface area contributed by atoms with Crippen LogP contribution in [0.2, 0.25) is 0 Å². The van der Waals surface area contributed by atoms with E-state index >= 15 is 0 Å². The third-order valence-electron chi connectivity index (χ3n) is 3.88. The van der Waals surface area contributed by atoms with Crippen molar-refractivity contribution >= 4 is 0 Å². The Bertz CT molecular complexity index is 604. The van der Waals surface area contributed by atoms with Gasteiger partial charge in [0.2, 0.25) is 0 Å². The monoisotopic (exact) mass is 290 g/mol. The zero-order chi connectivity index (χ0) is 14.8. The number of ether oxygens (including phenoxy) is 1. The molecule has 0 unspecified atom stereocenters. The number of benzene rings is 2. The summed E-state index contributed by atoms with van der Waals surface area (Å²) in [6.07, 6.45) is 1.44. The third-order valence-corrected chi connectivity index (χ3v) is 3.88. The predicted molar refractivity (Wildman–Crippen MR) is 76.5 cm³/mol. The van der Waals surface area contributed by atoms with Crippen molar-refractivity contribution in [2.75, 3.05) is 0 Å². The molecule has 0 atom stereocenters. The van der Waals surface area contributed by atoms with Gasteiger partial charge in [-0.1, -0.05) is 36.4 Å². The Hall–Kier alpha value is -1.94. The van der Waals surface area contributed by atoms with Crippen molar-refractivity contribution in [2.24, 2.45) is 0 Å². The van der Waals surface area contributed by atoms with E-state index in [4.69, 9.17) is 0 Å². The van der Waals surface area contributed by atoms with Crippen molar-refractivity contribution in [1.82, 2.24) is 0 Å². The highest BCUT2D eigenvalue weighted by Crippen LogP contribution is 2.38. The molecule has 1 N–H and O–H groups in total. The van der Waals surface area contributed by atoms with Gasteiger partial charge in [0.15, 0.2) is 0 Å². The van der Waals surface area contributed by atoms with Gasteiger partial charge in [0.05, 0.1) is 6.10 Å². The fraction of sp³-hybridized carbons (Fsp3) is 0.294. The van der Waals surface area contributed by atoms with E-state index < -0.39 is 6.61 Å². The molecule has 0 bridgehead atoms. The molecule has 0 aromatic heterocycles. The molecule has 2 aromatic rings. The molecular weight excluding hydrogens is 274 g/mol. The second kappa shape index (κ2) is 5.82. The van der Waals surface area contributed by atoms with Gasteiger partial charge < -0.3 is 9.84 Å². The molecule has 2 nitrogen and oxygen atoms in total. The van der Waals surface area contributed by atoms with Crippen LogP contribution in [0.5, 0.6) is 5.75 Å². The first kappa shape index (κ1) is 14.0. The maximum absolute atomic E-state index is 12.1.